The van der Waals surface area contributed by atoms with Crippen LogP contribution in [-0.4, -0.2) is 36.3 Å². The largest absolute Gasteiger partial charge is 0.381 e. The van der Waals surface area contributed by atoms with Gasteiger partial charge in [-0.1, -0.05) is 6.92 Å². The van der Waals surface area contributed by atoms with Crippen LogP contribution in [0.2, 0.25) is 0 Å². The zero-order chi connectivity index (χ0) is 13.5. The molecule has 2 rings (SSSR count). The Hall–Kier alpha value is -1.36. The fourth-order valence-corrected chi connectivity index (χ4v) is 2.26. The van der Waals surface area contributed by atoms with E-state index in [4.69, 9.17) is 4.74 Å². The summed E-state index contributed by atoms with van der Waals surface area (Å²) in [5.41, 5.74) is 1.10. The fourth-order valence-electron chi connectivity index (χ4n) is 2.26. The number of nitrogens with zero attached hydrogens (tertiary/aromatic N) is 2. The quantitative estimate of drug-likeness (QED) is 0.792. The molecule has 1 aliphatic heterocycles. The van der Waals surface area contributed by atoms with Crippen molar-refractivity contribution in [1.29, 1.82) is 0 Å². The third-order valence-electron chi connectivity index (χ3n) is 3.50. The normalized spacial score (nSPS) is 18.5. The number of rotatable bonds is 7. The van der Waals surface area contributed by atoms with E-state index >= 15 is 0 Å². The standard InChI is InChI=1S/C14H24N4O/c1-3-6-15-13-11(2)14(18-10-17-13)16-7-4-12-5-8-19-9-12/h10,12H,3-9H2,1-2H3,(H2,15,16,17,18). The lowest BCUT2D eigenvalue weighted by Crippen LogP contribution is -2.12. The molecule has 0 saturated carbocycles. The zero-order valence-electron chi connectivity index (χ0n) is 11.9. The molecular formula is C14H24N4O. The van der Waals surface area contributed by atoms with Gasteiger partial charge in [0.2, 0.25) is 0 Å². The van der Waals surface area contributed by atoms with Gasteiger partial charge in [0, 0.05) is 31.9 Å². The molecule has 2 N–H and O–H groups in total. The molecule has 1 aromatic rings. The van der Waals surface area contributed by atoms with Crippen LogP contribution >= 0.6 is 0 Å². The van der Waals surface area contributed by atoms with Gasteiger partial charge in [-0.05, 0) is 32.1 Å². The maximum atomic E-state index is 5.38. The van der Waals surface area contributed by atoms with E-state index in [0.29, 0.717) is 5.92 Å². The second-order valence-electron chi connectivity index (χ2n) is 5.07. The summed E-state index contributed by atoms with van der Waals surface area (Å²) < 4.78 is 5.38. The second kappa shape index (κ2) is 7.28. The minimum atomic E-state index is 0.701. The molecular weight excluding hydrogens is 240 g/mol. The van der Waals surface area contributed by atoms with E-state index in [1.165, 1.54) is 6.42 Å². The highest BCUT2D eigenvalue weighted by Crippen LogP contribution is 2.20. The van der Waals surface area contributed by atoms with Gasteiger partial charge in [-0.3, -0.25) is 0 Å². The smallest absolute Gasteiger partial charge is 0.134 e. The highest BCUT2D eigenvalue weighted by atomic mass is 16.5. The van der Waals surface area contributed by atoms with Crippen LogP contribution in [0.5, 0.6) is 0 Å². The molecule has 5 heteroatoms. The van der Waals surface area contributed by atoms with E-state index in [2.05, 4.69) is 34.4 Å². The minimum absolute atomic E-state index is 0.701. The first-order chi connectivity index (χ1) is 9.31. The Morgan fingerprint density at radius 3 is 2.63 bits per heavy atom. The number of anilines is 2. The Bertz CT molecular complexity index is 391. The summed E-state index contributed by atoms with van der Waals surface area (Å²) in [6.45, 7) is 7.91. The number of hydrogen-bond donors (Lipinski definition) is 2. The Labute approximate surface area is 115 Å². The molecule has 0 bridgehead atoms. The van der Waals surface area contributed by atoms with Gasteiger partial charge in [0.25, 0.3) is 0 Å². The second-order valence-corrected chi connectivity index (χ2v) is 5.07. The lowest BCUT2D eigenvalue weighted by Gasteiger charge is -2.13. The molecule has 5 nitrogen and oxygen atoms in total. The van der Waals surface area contributed by atoms with Gasteiger partial charge in [0.15, 0.2) is 0 Å². The van der Waals surface area contributed by atoms with Gasteiger partial charge in [0.05, 0.1) is 0 Å². The summed E-state index contributed by atoms with van der Waals surface area (Å²) >= 11 is 0. The van der Waals surface area contributed by atoms with Crippen molar-refractivity contribution in [3.05, 3.63) is 11.9 Å². The van der Waals surface area contributed by atoms with Gasteiger partial charge < -0.3 is 15.4 Å². The highest BCUT2D eigenvalue weighted by Gasteiger charge is 2.15. The number of ether oxygens (including phenoxy) is 1. The summed E-state index contributed by atoms with van der Waals surface area (Å²) in [5.74, 6) is 2.57. The van der Waals surface area contributed by atoms with E-state index in [9.17, 15) is 0 Å². The van der Waals surface area contributed by atoms with Crippen LogP contribution in [-0.2, 0) is 4.74 Å². The predicted molar refractivity (Wildman–Crippen MR) is 77.6 cm³/mol. The number of aromatic nitrogens is 2. The Morgan fingerprint density at radius 2 is 2.00 bits per heavy atom. The average Bonchev–Trinajstić information content (AvgIpc) is 2.92. The number of hydrogen-bond acceptors (Lipinski definition) is 5. The lowest BCUT2D eigenvalue weighted by molar-refractivity contribution is 0.185. The van der Waals surface area contributed by atoms with E-state index in [1.807, 2.05) is 0 Å². The summed E-state index contributed by atoms with van der Waals surface area (Å²) in [5, 5.41) is 6.73. The molecule has 0 amide bonds. The third-order valence-corrected chi connectivity index (χ3v) is 3.50. The van der Waals surface area contributed by atoms with Gasteiger partial charge >= 0.3 is 0 Å². The van der Waals surface area contributed by atoms with Gasteiger partial charge in [-0.25, -0.2) is 9.97 Å². The molecule has 0 aromatic carbocycles. The van der Waals surface area contributed by atoms with Crippen LogP contribution in [0.3, 0.4) is 0 Å². The fraction of sp³-hybridized carbons (Fsp3) is 0.714. The zero-order valence-corrected chi connectivity index (χ0v) is 11.9. The van der Waals surface area contributed by atoms with Gasteiger partial charge in [-0.15, -0.1) is 0 Å². The van der Waals surface area contributed by atoms with E-state index < -0.39 is 0 Å². The summed E-state index contributed by atoms with van der Waals surface area (Å²) in [6.07, 6.45) is 5.04. The van der Waals surface area contributed by atoms with Crippen molar-refractivity contribution in [1.82, 2.24) is 9.97 Å². The van der Waals surface area contributed by atoms with Crippen LogP contribution in [0.4, 0.5) is 11.6 Å². The predicted octanol–water partition coefficient (Wildman–Crippen LogP) is 2.45. The Balaban J connectivity index is 1.84. The van der Waals surface area contributed by atoms with E-state index in [0.717, 1.165) is 56.3 Å². The molecule has 1 aliphatic rings. The molecule has 1 aromatic heterocycles. The maximum Gasteiger partial charge on any atom is 0.134 e. The molecule has 1 saturated heterocycles. The molecule has 106 valence electrons. The van der Waals surface area contributed by atoms with Crippen LogP contribution in [0.1, 0.15) is 31.7 Å². The molecule has 1 atom stereocenters. The van der Waals surface area contributed by atoms with E-state index in [-0.39, 0.29) is 0 Å². The van der Waals surface area contributed by atoms with Gasteiger partial charge in [0.1, 0.15) is 18.0 Å². The van der Waals surface area contributed by atoms with Crippen molar-refractivity contribution < 1.29 is 4.74 Å². The molecule has 0 spiro atoms. The molecule has 1 fully saturated rings. The SMILES string of the molecule is CCCNc1ncnc(NCCC2CCOC2)c1C. The maximum absolute atomic E-state index is 5.38. The Kier molecular flexibility index (Phi) is 5.39. The average molecular weight is 264 g/mol. The Morgan fingerprint density at radius 1 is 1.26 bits per heavy atom. The number of nitrogens with one attached hydrogen (secondary N) is 2. The first-order valence-electron chi connectivity index (χ1n) is 7.18. The van der Waals surface area contributed by atoms with Crippen LogP contribution in [0.25, 0.3) is 0 Å². The summed E-state index contributed by atoms with van der Waals surface area (Å²) in [6, 6.07) is 0. The minimum Gasteiger partial charge on any atom is -0.381 e. The molecule has 0 aliphatic carbocycles. The van der Waals surface area contributed by atoms with Crippen LogP contribution in [0, 0.1) is 12.8 Å². The van der Waals surface area contributed by atoms with Crippen molar-refractivity contribution in [2.45, 2.75) is 33.1 Å². The molecule has 0 radical (unpaired) electrons. The summed E-state index contributed by atoms with van der Waals surface area (Å²) in [7, 11) is 0. The van der Waals surface area contributed by atoms with Crippen molar-refractivity contribution in [2.24, 2.45) is 5.92 Å². The van der Waals surface area contributed by atoms with Crippen molar-refractivity contribution in [3.63, 3.8) is 0 Å². The molecule has 19 heavy (non-hydrogen) atoms. The van der Waals surface area contributed by atoms with Crippen LogP contribution < -0.4 is 10.6 Å². The third kappa shape index (κ3) is 4.06. The van der Waals surface area contributed by atoms with E-state index in [1.54, 1.807) is 6.33 Å². The monoisotopic (exact) mass is 264 g/mol. The van der Waals surface area contributed by atoms with Crippen molar-refractivity contribution in [3.8, 4) is 0 Å². The topological polar surface area (TPSA) is 59.1 Å². The lowest BCUT2D eigenvalue weighted by atomic mass is 10.1. The summed E-state index contributed by atoms with van der Waals surface area (Å²) in [4.78, 5) is 8.60. The van der Waals surface area contributed by atoms with Gasteiger partial charge in [-0.2, -0.15) is 0 Å². The van der Waals surface area contributed by atoms with Crippen molar-refractivity contribution in [2.75, 3.05) is 36.9 Å². The van der Waals surface area contributed by atoms with Crippen LogP contribution in [0.15, 0.2) is 6.33 Å². The van der Waals surface area contributed by atoms with Crippen molar-refractivity contribution >= 4 is 11.6 Å². The highest BCUT2D eigenvalue weighted by molar-refractivity contribution is 5.56. The molecule has 1 unspecified atom stereocenters. The molecule has 2 heterocycles. The first kappa shape index (κ1) is 14.1. The first-order valence-corrected chi connectivity index (χ1v) is 7.18.